The highest BCUT2D eigenvalue weighted by Gasteiger charge is 2.22. The Morgan fingerprint density at radius 1 is 1.32 bits per heavy atom. The van der Waals surface area contributed by atoms with Gasteiger partial charge in [-0.05, 0) is 37.3 Å². The minimum Gasteiger partial charge on any atom is -0.377 e. The molecule has 19 heavy (non-hydrogen) atoms. The Bertz CT molecular complexity index is 507. The maximum Gasteiger partial charge on any atom is 0.152 e. The van der Waals surface area contributed by atoms with Gasteiger partial charge in [-0.3, -0.25) is 0 Å². The van der Waals surface area contributed by atoms with Crippen LogP contribution in [0, 0.1) is 0 Å². The molecule has 0 saturated carbocycles. The third-order valence-corrected chi connectivity index (χ3v) is 5.89. The second kappa shape index (κ2) is 6.86. The molecule has 1 fully saturated rings. The maximum absolute atomic E-state index is 12.0. The van der Waals surface area contributed by atoms with Crippen LogP contribution in [-0.2, 0) is 21.0 Å². The zero-order valence-corrected chi connectivity index (χ0v) is 13.2. The first-order valence-corrected chi connectivity index (χ1v) is 9.24. The standard InChI is InChI=1S/C14H19BrO3S/c15-14-8-2-1-5-12(14)6-4-10-19(16,17)11-13-7-3-9-18-13/h1-2,5,8,13H,3-4,6-7,9-11H2/t13-/m0/s1. The summed E-state index contributed by atoms with van der Waals surface area (Å²) in [5.41, 5.74) is 1.16. The van der Waals surface area contributed by atoms with E-state index in [1.165, 1.54) is 0 Å². The summed E-state index contributed by atoms with van der Waals surface area (Å²) in [6.45, 7) is 0.706. The second-order valence-electron chi connectivity index (χ2n) is 4.94. The molecule has 1 saturated heterocycles. The smallest absolute Gasteiger partial charge is 0.152 e. The molecule has 3 nitrogen and oxygen atoms in total. The van der Waals surface area contributed by atoms with Crippen LogP contribution in [0.25, 0.3) is 0 Å². The van der Waals surface area contributed by atoms with Crippen molar-refractivity contribution >= 4 is 25.8 Å². The normalized spacial score (nSPS) is 19.7. The van der Waals surface area contributed by atoms with E-state index in [1.807, 2.05) is 24.3 Å². The molecule has 0 aromatic heterocycles. The molecular formula is C14H19BrO3S. The van der Waals surface area contributed by atoms with Gasteiger partial charge >= 0.3 is 0 Å². The zero-order chi connectivity index (χ0) is 13.7. The Morgan fingerprint density at radius 2 is 2.11 bits per heavy atom. The van der Waals surface area contributed by atoms with E-state index in [9.17, 15) is 8.42 Å². The van der Waals surface area contributed by atoms with E-state index in [-0.39, 0.29) is 17.6 Å². The first kappa shape index (κ1) is 15.0. The molecule has 0 radical (unpaired) electrons. The van der Waals surface area contributed by atoms with Crippen LogP contribution in [-0.4, -0.2) is 32.6 Å². The van der Waals surface area contributed by atoms with Gasteiger partial charge in [0.1, 0.15) is 0 Å². The highest BCUT2D eigenvalue weighted by Crippen LogP contribution is 2.18. The lowest BCUT2D eigenvalue weighted by molar-refractivity contribution is 0.127. The fourth-order valence-electron chi connectivity index (χ4n) is 2.33. The fraction of sp³-hybridized carbons (Fsp3) is 0.571. The van der Waals surface area contributed by atoms with Crippen molar-refractivity contribution in [2.45, 2.75) is 31.8 Å². The predicted octanol–water partition coefficient (Wildman–Crippen LogP) is 2.98. The van der Waals surface area contributed by atoms with Gasteiger partial charge in [0.05, 0.1) is 17.6 Å². The number of sulfone groups is 1. The first-order chi connectivity index (χ1) is 9.07. The van der Waals surface area contributed by atoms with Gasteiger partial charge in [-0.25, -0.2) is 8.42 Å². The molecule has 0 amide bonds. The van der Waals surface area contributed by atoms with Crippen LogP contribution in [0.5, 0.6) is 0 Å². The Hall–Kier alpha value is -0.390. The van der Waals surface area contributed by atoms with Crippen molar-refractivity contribution < 1.29 is 13.2 Å². The van der Waals surface area contributed by atoms with Crippen LogP contribution < -0.4 is 0 Å². The average Bonchev–Trinajstić information content (AvgIpc) is 2.83. The zero-order valence-electron chi connectivity index (χ0n) is 10.8. The number of halogens is 1. The molecule has 0 bridgehead atoms. The summed E-state index contributed by atoms with van der Waals surface area (Å²) in [5.74, 6) is 0.428. The van der Waals surface area contributed by atoms with Crippen LogP contribution in [0.1, 0.15) is 24.8 Å². The summed E-state index contributed by atoms with van der Waals surface area (Å²) < 4.78 is 30.4. The highest BCUT2D eigenvalue weighted by atomic mass is 79.9. The number of hydrogen-bond acceptors (Lipinski definition) is 3. The van der Waals surface area contributed by atoms with Crippen LogP contribution in [0.3, 0.4) is 0 Å². The summed E-state index contributed by atoms with van der Waals surface area (Å²) in [6, 6.07) is 7.94. The molecule has 0 aliphatic carbocycles. The van der Waals surface area contributed by atoms with Crippen molar-refractivity contribution in [1.29, 1.82) is 0 Å². The molecule has 1 heterocycles. The van der Waals surface area contributed by atoms with E-state index in [1.54, 1.807) is 0 Å². The van der Waals surface area contributed by atoms with Crippen molar-refractivity contribution in [1.82, 2.24) is 0 Å². The molecule has 1 aliphatic heterocycles. The van der Waals surface area contributed by atoms with Crippen LogP contribution in [0.2, 0.25) is 0 Å². The SMILES string of the molecule is O=S(=O)(CCCc1ccccc1Br)C[C@@H]1CCCO1. The quantitative estimate of drug-likeness (QED) is 0.795. The van der Waals surface area contributed by atoms with Gasteiger partial charge in [-0.2, -0.15) is 0 Å². The monoisotopic (exact) mass is 346 g/mol. The lowest BCUT2D eigenvalue weighted by Gasteiger charge is -2.10. The molecule has 1 aromatic rings. The molecule has 0 unspecified atom stereocenters. The molecular weight excluding hydrogens is 328 g/mol. The predicted molar refractivity (Wildman–Crippen MR) is 80.1 cm³/mol. The van der Waals surface area contributed by atoms with Crippen molar-refractivity contribution in [3.8, 4) is 0 Å². The molecule has 0 N–H and O–H groups in total. The van der Waals surface area contributed by atoms with Gasteiger partial charge in [0.2, 0.25) is 0 Å². The minimum atomic E-state index is -2.99. The Morgan fingerprint density at radius 3 is 2.79 bits per heavy atom. The van der Waals surface area contributed by atoms with Crippen LogP contribution in [0.15, 0.2) is 28.7 Å². The Balaban J connectivity index is 1.79. The second-order valence-corrected chi connectivity index (χ2v) is 8.03. The maximum atomic E-state index is 12.0. The highest BCUT2D eigenvalue weighted by molar-refractivity contribution is 9.10. The minimum absolute atomic E-state index is 0.0755. The van der Waals surface area contributed by atoms with E-state index >= 15 is 0 Å². The van der Waals surface area contributed by atoms with E-state index in [0.29, 0.717) is 13.0 Å². The average molecular weight is 347 g/mol. The number of benzene rings is 1. The summed E-state index contributed by atoms with van der Waals surface area (Å²) in [7, 11) is -2.99. The van der Waals surface area contributed by atoms with Crippen molar-refractivity contribution in [2.75, 3.05) is 18.1 Å². The number of aryl methyl sites for hydroxylation is 1. The summed E-state index contributed by atoms with van der Waals surface area (Å²) >= 11 is 3.48. The molecule has 2 rings (SSSR count). The summed E-state index contributed by atoms with van der Waals surface area (Å²) in [4.78, 5) is 0. The number of ether oxygens (including phenoxy) is 1. The molecule has 1 aliphatic rings. The Labute approximate surface area is 123 Å². The Kier molecular flexibility index (Phi) is 5.42. The molecule has 5 heteroatoms. The van der Waals surface area contributed by atoms with Crippen molar-refractivity contribution in [3.63, 3.8) is 0 Å². The van der Waals surface area contributed by atoms with Gasteiger partial charge in [-0.1, -0.05) is 34.1 Å². The van der Waals surface area contributed by atoms with Gasteiger partial charge in [0.25, 0.3) is 0 Å². The molecule has 1 atom stereocenters. The van der Waals surface area contributed by atoms with E-state index in [2.05, 4.69) is 15.9 Å². The van der Waals surface area contributed by atoms with Gasteiger partial charge in [0.15, 0.2) is 9.84 Å². The summed E-state index contributed by atoms with van der Waals surface area (Å²) in [5, 5.41) is 0. The number of rotatable bonds is 6. The van der Waals surface area contributed by atoms with E-state index in [4.69, 9.17) is 4.74 Å². The van der Waals surface area contributed by atoms with Gasteiger partial charge in [-0.15, -0.1) is 0 Å². The number of hydrogen-bond donors (Lipinski definition) is 0. The fourth-order valence-corrected chi connectivity index (χ4v) is 4.39. The van der Waals surface area contributed by atoms with Crippen molar-refractivity contribution in [3.05, 3.63) is 34.3 Å². The largest absolute Gasteiger partial charge is 0.377 e. The lowest BCUT2D eigenvalue weighted by atomic mass is 10.1. The third kappa shape index (κ3) is 4.89. The van der Waals surface area contributed by atoms with Crippen molar-refractivity contribution in [2.24, 2.45) is 0 Å². The molecule has 0 spiro atoms. The van der Waals surface area contributed by atoms with Crippen LogP contribution in [0.4, 0.5) is 0 Å². The third-order valence-electron chi connectivity index (χ3n) is 3.32. The lowest BCUT2D eigenvalue weighted by Crippen LogP contribution is -2.22. The van der Waals surface area contributed by atoms with Gasteiger partial charge < -0.3 is 4.74 Å². The molecule has 1 aromatic carbocycles. The van der Waals surface area contributed by atoms with E-state index in [0.717, 1.165) is 29.3 Å². The molecule has 106 valence electrons. The topological polar surface area (TPSA) is 43.4 Å². The first-order valence-electron chi connectivity index (χ1n) is 6.62. The van der Waals surface area contributed by atoms with Crippen LogP contribution >= 0.6 is 15.9 Å². The van der Waals surface area contributed by atoms with Gasteiger partial charge in [0, 0.05) is 11.1 Å². The van der Waals surface area contributed by atoms with E-state index < -0.39 is 9.84 Å². The summed E-state index contributed by atoms with van der Waals surface area (Å²) in [6.07, 6.45) is 3.23.